The maximum atomic E-state index is 13.0. The number of hydrogen-bond acceptors (Lipinski definition) is 7. The quantitative estimate of drug-likeness (QED) is 0.203. The minimum atomic E-state index is -0.555. The van der Waals surface area contributed by atoms with Crippen LogP contribution in [0.4, 0.5) is 0 Å². The van der Waals surface area contributed by atoms with Crippen LogP contribution >= 0.6 is 15.9 Å². The van der Waals surface area contributed by atoms with Gasteiger partial charge in [0.2, 0.25) is 0 Å². The average molecular weight is 505 g/mol. The first-order valence-corrected chi connectivity index (χ1v) is 10.7. The monoisotopic (exact) mass is 504 g/mol. The molecule has 0 amide bonds. The molecule has 0 radical (unpaired) electrons. The highest BCUT2D eigenvalue weighted by molar-refractivity contribution is 9.10. The van der Waals surface area contributed by atoms with Crippen LogP contribution in [0.2, 0.25) is 0 Å². The first-order chi connectivity index (χ1) is 15.3. The van der Waals surface area contributed by atoms with Gasteiger partial charge in [-0.3, -0.25) is 0 Å². The summed E-state index contributed by atoms with van der Waals surface area (Å²) in [5, 5.41) is 24.0. The van der Waals surface area contributed by atoms with Crippen molar-refractivity contribution in [2.75, 3.05) is 20.8 Å². The summed E-state index contributed by atoms with van der Waals surface area (Å²) in [5.41, 5.74) is 3.26. The minimum Gasteiger partial charge on any atom is -0.504 e. The van der Waals surface area contributed by atoms with Crippen molar-refractivity contribution < 1.29 is 29.3 Å². The van der Waals surface area contributed by atoms with Crippen molar-refractivity contribution >= 4 is 38.5 Å². The Morgan fingerprint density at radius 2 is 1.84 bits per heavy atom. The second-order valence-corrected chi connectivity index (χ2v) is 7.92. The zero-order chi connectivity index (χ0) is 23.6. The summed E-state index contributed by atoms with van der Waals surface area (Å²) in [5.74, 6) is 0.119. The Labute approximate surface area is 194 Å². The molecule has 2 aromatic carbocycles. The van der Waals surface area contributed by atoms with Gasteiger partial charge in [0.25, 0.3) is 0 Å². The van der Waals surface area contributed by atoms with Gasteiger partial charge in [-0.05, 0) is 61.0 Å². The van der Waals surface area contributed by atoms with Crippen molar-refractivity contribution in [3.63, 3.8) is 0 Å². The lowest BCUT2D eigenvalue weighted by Gasteiger charge is -2.16. The number of fused-ring (bicyclic) bond motifs is 1. The lowest BCUT2D eigenvalue weighted by Crippen LogP contribution is -2.07. The van der Waals surface area contributed by atoms with E-state index in [1.54, 1.807) is 27.9 Å². The molecule has 0 saturated carbocycles. The maximum Gasteiger partial charge on any atom is 0.340 e. The van der Waals surface area contributed by atoms with Crippen LogP contribution in [-0.2, 0) is 11.2 Å². The number of carbonyl (C=O) groups is 1. The lowest BCUT2D eigenvalue weighted by molar-refractivity contribution is 0.0527. The summed E-state index contributed by atoms with van der Waals surface area (Å²) in [6.45, 7) is 5.37. The predicted octanol–water partition coefficient (Wildman–Crippen LogP) is 4.99. The summed E-state index contributed by atoms with van der Waals surface area (Å²) >= 11 is 3.53. The SMILES string of the molecule is CCOC(=O)c1c(C)n(-c2ccc(OC)cc2)c2c(CC(C)=NO)c(Br)c(OC)c(O)c12. The van der Waals surface area contributed by atoms with Crippen LogP contribution in [0.15, 0.2) is 33.9 Å². The first kappa shape index (κ1) is 23.5. The number of benzene rings is 2. The number of methoxy groups -OCH3 is 2. The molecule has 0 atom stereocenters. The van der Waals surface area contributed by atoms with Gasteiger partial charge in [-0.15, -0.1) is 0 Å². The summed E-state index contributed by atoms with van der Waals surface area (Å²) in [6, 6.07) is 7.32. The van der Waals surface area contributed by atoms with Crippen molar-refractivity contribution in [1.29, 1.82) is 0 Å². The highest BCUT2D eigenvalue weighted by Crippen LogP contribution is 2.48. The summed E-state index contributed by atoms with van der Waals surface area (Å²) in [6.07, 6.45) is 0.242. The molecule has 0 aliphatic carbocycles. The summed E-state index contributed by atoms with van der Waals surface area (Å²) in [4.78, 5) is 13.0. The number of rotatable bonds is 7. The number of halogens is 1. The minimum absolute atomic E-state index is 0.177. The predicted molar refractivity (Wildman–Crippen MR) is 125 cm³/mol. The standard InChI is InChI=1S/C23H25BrN2O6/c1-6-32-23(28)17-13(3)26(14-7-9-15(30-4)10-8-14)20-16(11-12(2)25-29)19(24)22(31-5)21(27)18(17)20/h7-10,27,29H,6,11H2,1-5H3. The van der Waals surface area contributed by atoms with Gasteiger partial charge in [-0.25, -0.2) is 4.79 Å². The van der Waals surface area contributed by atoms with E-state index in [-0.39, 0.29) is 30.1 Å². The molecule has 3 aromatic rings. The van der Waals surface area contributed by atoms with Crippen molar-refractivity contribution in [2.45, 2.75) is 27.2 Å². The van der Waals surface area contributed by atoms with E-state index in [0.29, 0.717) is 38.1 Å². The van der Waals surface area contributed by atoms with E-state index in [1.165, 1.54) is 7.11 Å². The fraction of sp³-hybridized carbons (Fsp3) is 0.304. The van der Waals surface area contributed by atoms with E-state index in [9.17, 15) is 15.1 Å². The zero-order valence-corrected chi connectivity index (χ0v) is 20.1. The number of hydrogen-bond donors (Lipinski definition) is 2. The van der Waals surface area contributed by atoms with Crippen LogP contribution in [0.1, 0.15) is 35.5 Å². The van der Waals surface area contributed by atoms with E-state index < -0.39 is 5.97 Å². The maximum absolute atomic E-state index is 13.0. The van der Waals surface area contributed by atoms with Crippen LogP contribution in [0.3, 0.4) is 0 Å². The first-order valence-electron chi connectivity index (χ1n) is 9.91. The van der Waals surface area contributed by atoms with E-state index in [0.717, 1.165) is 5.69 Å². The Hall–Kier alpha value is -3.20. The molecule has 0 bridgehead atoms. The zero-order valence-electron chi connectivity index (χ0n) is 18.5. The number of aromatic nitrogens is 1. The second-order valence-electron chi connectivity index (χ2n) is 7.12. The second kappa shape index (κ2) is 9.52. The van der Waals surface area contributed by atoms with Crippen LogP contribution in [0.25, 0.3) is 16.6 Å². The Morgan fingerprint density at radius 3 is 2.38 bits per heavy atom. The van der Waals surface area contributed by atoms with Gasteiger partial charge in [0.15, 0.2) is 11.5 Å². The molecule has 0 unspecified atom stereocenters. The summed E-state index contributed by atoms with van der Waals surface area (Å²) < 4.78 is 18.4. The third kappa shape index (κ3) is 3.88. The third-order valence-electron chi connectivity index (χ3n) is 5.23. The molecule has 8 nitrogen and oxygen atoms in total. The fourth-order valence-corrected chi connectivity index (χ4v) is 4.49. The molecule has 1 aromatic heterocycles. The molecule has 2 N–H and O–H groups in total. The Morgan fingerprint density at radius 1 is 1.19 bits per heavy atom. The van der Waals surface area contributed by atoms with Crippen LogP contribution in [-0.4, -0.2) is 47.4 Å². The van der Waals surface area contributed by atoms with E-state index in [4.69, 9.17) is 14.2 Å². The molecule has 0 aliphatic heterocycles. The molecule has 0 fully saturated rings. The highest BCUT2D eigenvalue weighted by atomic mass is 79.9. The van der Waals surface area contributed by atoms with Gasteiger partial charge in [0, 0.05) is 23.4 Å². The lowest BCUT2D eigenvalue weighted by atomic mass is 10.0. The van der Waals surface area contributed by atoms with Gasteiger partial charge in [-0.2, -0.15) is 0 Å². The van der Waals surface area contributed by atoms with Crippen molar-refractivity contribution in [3.05, 3.63) is 45.6 Å². The highest BCUT2D eigenvalue weighted by Gasteiger charge is 2.30. The molecule has 9 heteroatoms. The number of oxime groups is 1. The summed E-state index contributed by atoms with van der Waals surface area (Å²) in [7, 11) is 3.01. The number of carbonyl (C=O) groups excluding carboxylic acids is 1. The number of phenolic OH excluding ortho intramolecular Hbond substituents is 1. The van der Waals surface area contributed by atoms with Crippen molar-refractivity contribution in [1.82, 2.24) is 4.57 Å². The Balaban J connectivity index is 2.53. The average Bonchev–Trinajstić information content (AvgIpc) is 3.10. The van der Waals surface area contributed by atoms with Crippen molar-refractivity contribution in [2.24, 2.45) is 5.16 Å². The van der Waals surface area contributed by atoms with Crippen LogP contribution in [0.5, 0.6) is 17.2 Å². The normalized spacial score (nSPS) is 11.6. The van der Waals surface area contributed by atoms with Gasteiger partial charge < -0.3 is 29.1 Å². The molecule has 0 saturated heterocycles. The molecular formula is C23H25BrN2O6. The fourth-order valence-electron chi connectivity index (χ4n) is 3.81. The van der Waals surface area contributed by atoms with Crippen LogP contribution < -0.4 is 9.47 Å². The number of nitrogens with zero attached hydrogens (tertiary/aromatic N) is 2. The van der Waals surface area contributed by atoms with Gasteiger partial charge in [0.05, 0.1) is 47.5 Å². The number of phenols is 1. The molecule has 32 heavy (non-hydrogen) atoms. The molecule has 170 valence electrons. The van der Waals surface area contributed by atoms with Crippen molar-refractivity contribution in [3.8, 4) is 22.9 Å². The van der Waals surface area contributed by atoms with E-state index in [2.05, 4.69) is 21.1 Å². The molecule has 3 rings (SSSR count). The molecule has 0 aliphatic rings. The van der Waals surface area contributed by atoms with Gasteiger partial charge in [0.1, 0.15) is 5.75 Å². The third-order valence-corrected chi connectivity index (χ3v) is 6.07. The number of esters is 1. The number of aromatic hydroxyl groups is 1. The van der Waals surface area contributed by atoms with Gasteiger partial charge in [-0.1, -0.05) is 5.16 Å². The Bertz CT molecular complexity index is 1200. The largest absolute Gasteiger partial charge is 0.504 e. The van der Waals surface area contributed by atoms with Crippen LogP contribution in [0, 0.1) is 6.92 Å². The molecular weight excluding hydrogens is 480 g/mol. The topological polar surface area (TPSA) is 103 Å². The number of ether oxygens (including phenoxy) is 3. The Kier molecular flexibility index (Phi) is 6.98. The molecule has 1 heterocycles. The smallest absolute Gasteiger partial charge is 0.340 e. The van der Waals surface area contributed by atoms with E-state index >= 15 is 0 Å². The van der Waals surface area contributed by atoms with Gasteiger partial charge >= 0.3 is 5.97 Å². The molecule has 0 spiro atoms. The van der Waals surface area contributed by atoms with E-state index in [1.807, 2.05) is 28.8 Å².